The van der Waals surface area contributed by atoms with Gasteiger partial charge in [0.2, 0.25) is 0 Å². The molecule has 4 bridgehead atoms. The van der Waals surface area contributed by atoms with E-state index in [1.54, 1.807) is 38.5 Å². The lowest BCUT2D eigenvalue weighted by Crippen LogP contribution is -2.60. The number of nitrogens with zero attached hydrogens (tertiary/aromatic N) is 2. The first-order valence-corrected chi connectivity index (χ1v) is 13.7. The van der Waals surface area contributed by atoms with Gasteiger partial charge < -0.3 is 5.32 Å². The Balaban J connectivity index is 1.21. The van der Waals surface area contributed by atoms with E-state index in [0.29, 0.717) is 12.1 Å². The SMILES string of the molecule is CNC[C@@H](Cc1ccccc1)N1CCN(CCC23CC4CC(CC(C4)C2)C3)[C@H](C(C)C)C1. The third kappa shape index (κ3) is 4.95. The summed E-state index contributed by atoms with van der Waals surface area (Å²) in [6.07, 6.45) is 12.0. The highest BCUT2D eigenvalue weighted by Gasteiger charge is 2.50. The summed E-state index contributed by atoms with van der Waals surface area (Å²) < 4.78 is 0. The molecule has 1 heterocycles. The summed E-state index contributed by atoms with van der Waals surface area (Å²) in [6.45, 7) is 11.0. The Kier molecular flexibility index (Phi) is 6.98. The Morgan fingerprint density at radius 2 is 1.62 bits per heavy atom. The van der Waals surface area contributed by atoms with Crippen LogP contribution in [0.15, 0.2) is 30.3 Å². The molecule has 5 aliphatic rings. The predicted octanol–water partition coefficient (Wildman–Crippen LogP) is 5.07. The van der Waals surface area contributed by atoms with Gasteiger partial charge in [0.15, 0.2) is 0 Å². The summed E-state index contributed by atoms with van der Waals surface area (Å²) >= 11 is 0. The number of benzene rings is 1. The van der Waals surface area contributed by atoms with E-state index >= 15 is 0 Å². The molecular formula is C29H47N3. The average molecular weight is 438 g/mol. The van der Waals surface area contributed by atoms with Gasteiger partial charge in [-0.3, -0.25) is 9.80 Å². The Morgan fingerprint density at radius 3 is 2.22 bits per heavy atom. The number of rotatable bonds is 9. The van der Waals surface area contributed by atoms with Crippen molar-refractivity contribution in [1.82, 2.24) is 15.1 Å². The zero-order valence-electron chi connectivity index (χ0n) is 20.9. The van der Waals surface area contributed by atoms with Gasteiger partial charge in [-0.25, -0.2) is 0 Å². The number of piperazine rings is 1. The minimum Gasteiger partial charge on any atom is -0.318 e. The van der Waals surface area contributed by atoms with Crippen LogP contribution in [-0.2, 0) is 6.42 Å². The molecule has 3 nitrogen and oxygen atoms in total. The molecule has 1 aromatic rings. The van der Waals surface area contributed by atoms with Gasteiger partial charge in [0.25, 0.3) is 0 Å². The highest BCUT2D eigenvalue weighted by molar-refractivity contribution is 5.16. The minimum absolute atomic E-state index is 0.592. The molecule has 6 rings (SSSR count). The topological polar surface area (TPSA) is 18.5 Å². The van der Waals surface area contributed by atoms with Gasteiger partial charge in [0.05, 0.1) is 0 Å². The fraction of sp³-hybridized carbons (Fsp3) is 0.793. The maximum absolute atomic E-state index is 3.48. The molecule has 178 valence electrons. The second kappa shape index (κ2) is 9.76. The molecule has 4 aliphatic carbocycles. The minimum atomic E-state index is 0.592. The molecule has 0 unspecified atom stereocenters. The number of nitrogens with one attached hydrogen (secondary N) is 1. The van der Waals surface area contributed by atoms with Gasteiger partial charge in [0, 0.05) is 38.3 Å². The van der Waals surface area contributed by atoms with Crippen LogP contribution < -0.4 is 5.32 Å². The molecule has 32 heavy (non-hydrogen) atoms. The molecule has 2 atom stereocenters. The number of hydrogen-bond donors (Lipinski definition) is 1. The lowest BCUT2D eigenvalue weighted by molar-refractivity contribution is -0.0673. The Morgan fingerprint density at radius 1 is 0.969 bits per heavy atom. The van der Waals surface area contributed by atoms with Crippen molar-refractivity contribution in [1.29, 1.82) is 0 Å². The molecule has 1 saturated heterocycles. The average Bonchev–Trinajstić information content (AvgIpc) is 2.77. The van der Waals surface area contributed by atoms with Gasteiger partial charge in [-0.1, -0.05) is 44.2 Å². The van der Waals surface area contributed by atoms with Crippen LogP contribution in [0.1, 0.15) is 64.4 Å². The Hall–Kier alpha value is -0.900. The van der Waals surface area contributed by atoms with Crippen molar-refractivity contribution in [2.45, 2.75) is 77.3 Å². The van der Waals surface area contributed by atoms with Gasteiger partial charge >= 0.3 is 0 Å². The zero-order valence-corrected chi connectivity index (χ0v) is 20.9. The summed E-state index contributed by atoms with van der Waals surface area (Å²) in [5.74, 6) is 3.97. The van der Waals surface area contributed by atoms with Crippen molar-refractivity contribution < 1.29 is 0 Å². The molecule has 0 aromatic heterocycles. The first kappa shape index (κ1) is 22.9. The molecule has 0 radical (unpaired) electrons. The molecule has 3 heteroatoms. The predicted molar refractivity (Wildman–Crippen MR) is 135 cm³/mol. The van der Waals surface area contributed by atoms with E-state index in [1.807, 2.05) is 0 Å². The van der Waals surface area contributed by atoms with Crippen molar-refractivity contribution in [2.24, 2.45) is 29.1 Å². The summed E-state index contributed by atoms with van der Waals surface area (Å²) in [4.78, 5) is 5.70. The Bertz CT molecular complexity index is 694. The van der Waals surface area contributed by atoms with Crippen LogP contribution in [0.3, 0.4) is 0 Å². The summed E-state index contributed by atoms with van der Waals surface area (Å²) in [6, 6.07) is 12.4. The van der Waals surface area contributed by atoms with E-state index in [9.17, 15) is 0 Å². The van der Waals surface area contributed by atoms with E-state index in [0.717, 1.165) is 42.1 Å². The van der Waals surface area contributed by atoms with Crippen LogP contribution in [0.4, 0.5) is 0 Å². The molecule has 0 spiro atoms. The number of hydrogen-bond acceptors (Lipinski definition) is 3. The third-order valence-electron chi connectivity index (χ3n) is 9.70. The standard InChI is InChI=1S/C29H47N3/c1-22(2)28-21-32(27(20-30-3)16-23-7-5-4-6-8-23)12-11-31(28)10-9-29-17-24-13-25(18-29)15-26(14-24)19-29/h4-8,22,24-28,30H,9-21H2,1-3H3/t24?,25?,26?,27-,28+,29?/m1/s1. The maximum atomic E-state index is 3.48. The highest BCUT2D eigenvalue weighted by Crippen LogP contribution is 2.61. The smallest absolute Gasteiger partial charge is 0.0262 e. The van der Waals surface area contributed by atoms with Crippen LogP contribution in [0.5, 0.6) is 0 Å². The van der Waals surface area contributed by atoms with E-state index < -0.39 is 0 Å². The van der Waals surface area contributed by atoms with E-state index in [2.05, 4.69) is 66.3 Å². The number of likely N-dealkylation sites (N-methyl/N-ethyl adjacent to an activating group) is 1. The fourth-order valence-corrected chi connectivity index (χ4v) is 8.54. The van der Waals surface area contributed by atoms with Gasteiger partial charge in [-0.15, -0.1) is 0 Å². The second-order valence-electron chi connectivity index (χ2n) is 12.4. The molecule has 4 saturated carbocycles. The van der Waals surface area contributed by atoms with Gasteiger partial charge in [-0.05, 0) is 99.6 Å². The largest absolute Gasteiger partial charge is 0.318 e. The third-order valence-corrected chi connectivity index (χ3v) is 9.70. The fourth-order valence-electron chi connectivity index (χ4n) is 8.54. The zero-order chi connectivity index (χ0) is 22.1. The van der Waals surface area contributed by atoms with Crippen molar-refractivity contribution in [3.8, 4) is 0 Å². The first-order chi connectivity index (χ1) is 15.5. The lowest BCUT2D eigenvalue weighted by Gasteiger charge is -2.57. The molecule has 1 aromatic carbocycles. The summed E-state index contributed by atoms with van der Waals surface area (Å²) in [5, 5.41) is 3.48. The van der Waals surface area contributed by atoms with Crippen LogP contribution in [0.2, 0.25) is 0 Å². The van der Waals surface area contributed by atoms with Crippen LogP contribution in [-0.4, -0.2) is 61.7 Å². The van der Waals surface area contributed by atoms with Crippen molar-refractivity contribution in [2.75, 3.05) is 39.8 Å². The summed E-state index contributed by atoms with van der Waals surface area (Å²) in [7, 11) is 2.11. The lowest BCUT2D eigenvalue weighted by atomic mass is 9.49. The second-order valence-corrected chi connectivity index (χ2v) is 12.4. The maximum Gasteiger partial charge on any atom is 0.0262 e. The van der Waals surface area contributed by atoms with Crippen LogP contribution >= 0.6 is 0 Å². The molecule has 5 fully saturated rings. The van der Waals surface area contributed by atoms with Gasteiger partial charge in [-0.2, -0.15) is 0 Å². The van der Waals surface area contributed by atoms with E-state index in [1.165, 1.54) is 38.2 Å². The quantitative estimate of drug-likeness (QED) is 0.582. The monoisotopic (exact) mass is 437 g/mol. The van der Waals surface area contributed by atoms with Crippen molar-refractivity contribution >= 4 is 0 Å². The van der Waals surface area contributed by atoms with Crippen molar-refractivity contribution in [3.05, 3.63) is 35.9 Å². The molecule has 1 N–H and O–H groups in total. The molecule has 0 amide bonds. The first-order valence-electron chi connectivity index (χ1n) is 13.7. The van der Waals surface area contributed by atoms with E-state index in [4.69, 9.17) is 0 Å². The highest BCUT2D eigenvalue weighted by atomic mass is 15.3. The normalized spacial score (nSPS) is 36.1. The van der Waals surface area contributed by atoms with Crippen molar-refractivity contribution in [3.63, 3.8) is 0 Å². The van der Waals surface area contributed by atoms with Crippen LogP contribution in [0.25, 0.3) is 0 Å². The summed E-state index contributed by atoms with van der Waals surface area (Å²) in [5.41, 5.74) is 2.19. The van der Waals surface area contributed by atoms with E-state index in [-0.39, 0.29) is 0 Å². The van der Waals surface area contributed by atoms with Crippen LogP contribution in [0, 0.1) is 29.1 Å². The Labute approximate surface area is 197 Å². The van der Waals surface area contributed by atoms with Gasteiger partial charge in [0.1, 0.15) is 0 Å². The molecular weight excluding hydrogens is 390 g/mol. The molecule has 1 aliphatic heterocycles.